The molecule has 2 aromatic rings. The number of amides is 2. The number of pyridine rings is 1. The summed E-state index contributed by atoms with van der Waals surface area (Å²) >= 11 is 1.69. The fourth-order valence-electron chi connectivity index (χ4n) is 4.63. The van der Waals surface area contributed by atoms with Crippen molar-refractivity contribution < 1.29 is 14.3 Å². The molecule has 2 aliphatic heterocycles. The Labute approximate surface area is 193 Å². The first-order valence-electron chi connectivity index (χ1n) is 11.3. The van der Waals surface area contributed by atoms with Crippen molar-refractivity contribution >= 4 is 34.8 Å². The Morgan fingerprint density at radius 3 is 2.62 bits per heavy atom. The Morgan fingerprint density at radius 2 is 1.97 bits per heavy atom. The number of cyclic esters (lactones) is 1. The van der Waals surface area contributed by atoms with Crippen LogP contribution in [0.4, 0.5) is 4.79 Å². The molecule has 2 amide bonds. The number of fused-ring (bicyclic) bond motifs is 1. The molecule has 0 aliphatic carbocycles. The van der Waals surface area contributed by atoms with Crippen LogP contribution in [0, 0.1) is 12.3 Å². The largest absolute Gasteiger partial charge is 0.449 e. The number of ether oxygens (including phenoxy) is 1. The molecule has 0 aromatic carbocycles. The van der Waals surface area contributed by atoms with Crippen molar-refractivity contribution in [2.45, 2.75) is 63.6 Å². The van der Waals surface area contributed by atoms with Crippen molar-refractivity contribution in [2.75, 3.05) is 26.2 Å². The zero-order chi connectivity index (χ0) is 23.2. The van der Waals surface area contributed by atoms with Crippen LogP contribution in [-0.4, -0.2) is 74.1 Å². The zero-order valence-electron chi connectivity index (χ0n) is 19.8. The minimum absolute atomic E-state index is 0.00537. The summed E-state index contributed by atoms with van der Waals surface area (Å²) in [5.41, 5.74) is 2.28. The number of hydrogen-bond donors (Lipinski definition) is 0. The second-order valence-corrected chi connectivity index (χ2v) is 11.5. The smallest absolute Gasteiger partial charge is 0.410 e. The van der Waals surface area contributed by atoms with Gasteiger partial charge in [-0.05, 0) is 19.8 Å². The van der Waals surface area contributed by atoms with E-state index < -0.39 is 0 Å². The normalized spacial score (nSPS) is 19.7. The predicted molar refractivity (Wildman–Crippen MR) is 125 cm³/mol. The Kier molecular flexibility index (Phi) is 6.13. The maximum absolute atomic E-state index is 13.6. The van der Waals surface area contributed by atoms with Crippen molar-refractivity contribution in [1.29, 1.82) is 0 Å². The van der Waals surface area contributed by atoms with Crippen LogP contribution in [0.3, 0.4) is 0 Å². The van der Waals surface area contributed by atoms with E-state index in [0.29, 0.717) is 37.1 Å². The molecule has 4 rings (SSSR count). The van der Waals surface area contributed by atoms with Gasteiger partial charge in [-0.25, -0.2) is 9.78 Å². The molecule has 0 N–H and O–H groups in total. The monoisotopic (exact) mass is 459 g/mol. The fourth-order valence-corrected chi connectivity index (χ4v) is 5.73. The lowest BCUT2D eigenvalue weighted by molar-refractivity contribution is -0.0153. The molecular weight excluding hydrogens is 426 g/mol. The van der Waals surface area contributed by atoms with Gasteiger partial charge in [-0.2, -0.15) is 5.10 Å². The van der Waals surface area contributed by atoms with Gasteiger partial charge in [0.2, 0.25) is 0 Å². The van der Waals surface area contributed by atoms with Gasteiger partial charge < -0.3 is 14.5 Å². The van der Waals surface area contributed by atoms with E-state index in [1.807, 2.05) is 23.8 Å². The number of rotatable bonds is 4. The number of aryl methyl sites for hydroxylation is 2. The van der Waals surface area contributed by atoms with Gasteiger partial charge in [-0.15, -0.1) is 11.8 Å². The number of aromatic nitrogens is 3. The maximum atomic E-state index is 13.6. The van der Waals surface area contributed by atoms with Crippen LogP contribution in [0.5, 0.6) is 0 Å². The number of carbonyl (C=O) groups is 2. The van der Waals surface area contributed by atoms with Crippen molar-refractivity contribution in [2.24, 2.45) is 12.5 Å². The maximum Gasteiger partial charge on any atom is 0.410 e. The summed E-state index contributed by atoms with van der Waals surface area (Å²) in [6, 6.07) is 0.108. The van der Waals surface area contributed by atoms with E-state index in [9.17, 15) is 9.59 Å². The SMILES string of the molecule is Cc1nn(C)c2ncc(C(=O)N3CCC(N4CC(C)(C)COC4=O)CC3)c(SC(C)C)c12. The highest BCUT2D eigenvalue weighted by molar-refractivity contribution is 8.00. The van der Waals surface area contributed by atoms with E-state index in [4.69, 9.17) is 4.74 Å². The molecule has 0 unspecified atom stereocenters. The summed E-state index contributed by atoms with van der Waals surface area (Å²) in [7, 11) is 1.88. The third-order valence-corrected chi connectivity index (χ3v) is 7.31. The first-order valence-corrected chi connectivity index (χ1v) is 12.2. The first kappa shape index (κ1) is 22.9. The van der Waals surface area contributed by atoms with Crippen LogP contribution in [-0.2, 0) is 11.8 Å². The van der Waals surface area contributed by atoms with Gasteiger partial charge in [-0.1, -0.05) is 27.7 Å². The van der Waals surface area contributed by atoms with Crippen molar-refractivity contribution in [3.8, 4) is 0 Å². The molecule has 174 valence electrons. The van der Waals surface area contributed by atoms with E-state index in [-0.39, 0.29) is 23.5 Å². The zero-order valence-corrected chi connectivity index (χ0v) is 20.7. The van der Waals surface area contributed by atoms with Gasteiger partial charge in [0.25, 0.3) is 5.91 Å². The fraction of sp³-hybridized carbons (Fsp3) is 0.652. The van der Waals surface area contributed by atoms with E-state index in [2.05, 4.69) is 37.8 Å². The molecule has 2 aliphatic rings. The number of thioether (sulfide) groups is 1. The lowest BCUT2D eigenvalue weighted by Gasteiger charge is -2.44. The lowest BCUT2D eigenvalue weighted by Crippen LogP contribution is -2.55. The molecule has 0 atom stereocenters. The Bertz CT molecular complexity index is 1040. The van der Waals surface area contributed by atoms with Crippen molar-refractivity contribution in [3.05, 3.63) is 17.5 Å². The summed E-state index contributed by atoms with van der Waals surface area (Å²) in [5, 5.41) is 5.81. The number of carbonyl (C=O) groups excluding carboxylic acids is 2. The molecule has 0 saturated carbocycles. The quantitative estimate of drug-likeness (QED) is 0.646. The summed E-state index contributed by atoms with van der Waals surface area (Å²) in [4.78, 5) is 35.2. The first-order chi connectivity index (χ1) is 15.1. The second kappa shape index (κ2) is 8.57. The van der Waals surface area contributed by atoms with E-state index >= 15 is 0 Å². The van der Waals surface area contributed by atoms with Crippen LogP contribution in [0.25, 0.3) is 11.0 Å². The molecular formula is C23H33N5O3S. The van der Waals surface area contributed by atoms with Gasteiger partial charge in [0, 0.05) is 54.5 Å². The Morgan fingerprint density at radius 1 is 1.28 bits per heavy atom. The molecule has 9 heteroatoms. The molecule has 4 heterocycles. The van der Waals surface area contributed by atoms with Crippen molar-refractivity contribution in [3.63, 3.8) is 0 Å². The minimum atomic E-state index is -0.230. The van der Waals surface area contributed by atoms with Gasteiger partial charge in [0.1, 0.15) is 0 Å². The molecule has 2 aromatic heterocycles. The Hall–Kier alpha value is -2.29. The lowest BCUT2D eigenvalue weighted by atomic mass is 9.91. The molecule has 32 heavy (non-hydrogen) atoms. The summed E-state index contributed by atoms with van der Waals surface area (Å²) in [6.07, 6.45) is 2.98. The molecule has 0 bridgehead atoms. The molecule has 0 radical (unpaired) electrons. The topological polar surface area (TPSA) is 80.6 Å². The second-order valence-electron chi connectivity index (χ2n) is 9.95. The van der Waals surface area contributed by atoms with Gasteiger partial charge in [0.15, 0.2) is 5.65 Å². The summed E-state index contributed by atoms with van der Waals surface area (Å²) in [5.74, 6) is 0.00537. The van der Waals surface area contributed by atoms with Crippen LogP contribution in [0.1, 0.15) is 56.6 Å². The highest BCUT2D eigenvalue weighted by Gasteiger charge is 2.38. The van der Waals surface area contributed by atoms with E-state index in [1.54, 1.807) is 22.6 Å². The highest BCUT2D eigenvalue weighted by atomic mass is 32.2. The average molecular weight is 460 g/mol. The van der Waals surface area contributed by atoms with E-state index in [1.165, 1.54) is 0 Å². The van der Waals surface area contributed by atoms with Crippen LogP contribution in [0.2, 0.25) is 0 Å². The molecule has 0 spiro atoms. The predicted octanol–water partition coefficient (Wildman–Crippen LogP) is 3.86. The number of piperidine rings is 1. The van der Waals surface area contributed by atoms with Crippen molar-refractivity contribution in [1.82, 2.24) is 24.6 Å². The minimum Gasteiger partial charge on any atom is -0.449 e. The third-order valence-electron chi connectivity index (χ3n) is 6.18. The van der Waals surface area contributed by atoms with Crippen LogP contribution in [0.15, 0.2) is 11.1 Å². The highest BCUT2D eigenvalue weighted by Crippen LogP contribution is 2.36. The molecule has 2 fully saturated rings. The van der Waals surface area contributed by atoms with Gasteiger partial charge in [-0.3, -0.25) is 9.48 Å². The molecule has 8 nitrogen and oxygen atoms in total. The van der Waals surface area contributed by atoms with Gasteiger partial charge >= 0.3 is 6.09 Å². The summed E-state index contributed by atoms with van der Waals surface area (Å²) in [6.45, 7) is 12.8. The standard InChI is InChI=1S/C23H33N5O3S/c1-14(2)32-19-17(11-24-20-18(19)15(3)25-26(20)6)21(29)27-9-7-16(8-10-27)28-12-23(4,5)13-31-22(28)30/h11,14,16H,7-10,12-13H2,1-6H3. The van der Waals surface area contributed by atoms with Crippen LogP contribution < -0.4 is 0 Å². The van der Waals surface area contributed by atoms with Gasteiger partial charge in [0.05, 0.1) is 23.3 Å². The summed E-state index contributed by atoms with van der Waals surface area (Å²) < 4.78 is 7.17. The number of nitrogens with zero attached hydrogens (tertiary/aromatic N) is 5. The number of hydrogen-bond acceptors (Lipinski definition) is 6. The van der Waals surface area contributed by atoms with Crippen LogP contribution >= 0.6 is 11.8 Å². The van der Waals surface area contributed by atoms with E-state index in [0.717, 1.165) is 34.5 Å². The third kappa shape index (κ3) is 4.31. The molecule has 2 saturated heterocycles. The average Bonchev–Trinajstić information content (AvgIpc) is 3.03. The Balaban J connectivity index is 1.54. The number of likely N-dealkylation sites (tertiary alicyclic amines) is 1.